The first-order valence-corrected chi connectivity index (χ1v) is 8.83. The zero-order valence-electron chi connectivity index (χ0n) is 15.1. The van der Waals surface area contributed by atoms with Gasteiger partial charge in [-0.3, -0.25) is 14.3 Å². The van der Waals surface area contributed by atoms with Gasteiger partial charge in [-0.25, -0.2) is 0 Å². The van der Waals surface area contributed by atoms with Crippen molar-refractivity contribution in [2.45, 2.75) is 44.9 Å². The molecular weight excluding hydrogens is 314 g/mol. The number of carbonyl (C=O) groups is 2. The van der Waals surface area contributed by atoms with Gasteiger partial charge in [-0.2, -0.15) is 5.10 Å². The van der Waals surface area contributed by atoms with Crippen molar-refractivity contribution in [2.24, 2.45) is 7.05 Å². The molecule has 0 saturated heterocycles. The fraction of sp³-hybridized carbons (Fsp3) is 0.450. The average molecular weight is 339 g/mol. The molecular formula is C20H25N3O2. The molecule has 1 amide bonds. The van der Waals surface area contributed by atoms with E-state index in [4.69, 9.17) is 0 Å². The van der Waals surface area contributed by atoms with E-state index in [2.05, 4.69) is 22.5 Å². The highest BCUT2D eigenvalue weighted by molar-refractivity contribution is 6.43. The van der Waals surface area contributed by atoms with Crippen molar-refractivity contribution in [2.75, 3.05) is 6.54 Å². The second-order valence-electron chi connectivity index (χ2n) is 7.03. The van der Waals surface area contributed by atoms with Crippen LogP contribution in [0.5, 0.6) is 0 Å². The molecule has 1 fully saturated rings. The Bertz CT molecular complexity index is 787. The highest BCUT2D eigenvalue weighted by Crippen LogP contribution is 2.40. The summed E-state index contributed by atoms with van der Waals surface area (Å²) in [5.41, 5.74) is 2.92. The molecule has 0 bridgehead atoms. The SMILES string of the molecule is Cc1nn(C)c(C)c1C(=O)C(=O)NCC1(c2ccccc2)CCCC1. The van der Waals surface area contributed by atoms with Gasteiger partial charge in [0.05, 0.1) is 11.3 Å². The van der Waals surface area contributed by atoms with Gasteiger partial charge in [0.25, 0.3) is 11.7 Å². The van der Waals surface area contributed by atoms with Gasteiger partial charge in [0.1, 0.15) is 0 Å². The molecule has 1 aromatic carbocycles. The van der Waals surface area contributed by atoms with Crippen LogP contribution >= 0.6 is 0 Å². The van der Waals surface area contributed by atoms with Crippen LogP contribution in [0.4, 0.5) is 0 Å². The highest BCUT2D eigenvalue weighted by atomic mass is 16.2. The minimum Gasteiger partial charge on any atom is -0.348 e. The lowest BCUT2D eigenvalue weighted by atomic mass is 9.79. The van der Waals surface area contributed by atoms with Gasteiger partial charge >= 0.3 is 0 Å². The molecule has 5 nitrogen and oxygen atoms in total. The topological polar surface area (TPSA) is 64.0 Å². The number of rotatable bonds is 5. The molecule has 25 heavy (non-hydrogen) atoms. The Labute approximate surface area is 148 Å². The average Bonchev–Trinajstić information content (AvgIpc) is 3.19. The van der Waals surface area contributed by atoms with Crippen molar-refractivity contribution in [3.05, 3.63) is 52.8 Å². The van der Waals surface area contributed by atoms with E-state index in [-0.39, 0.29) is 5.41 Å². The summed E-state index contributed by atoms with van der Waals surface area (Å²) in [6.07, 6.45) is 4.38. The van der Waals surface area contributed by atoms with E-state index >= 15 is 0 Å². The Hall–Kier alpha value is -2.43. The third-order valence-corrected chi connectivity index (χ3v) is 5.48. The fourth-order valence-electron chi connectivity index (χ4n) is 3.96. The predicted molar refractivity (Wildman–Crippen MR) is 96.6 cm³/mol. The molecule has 0 atom stereocenters. The van der Waals surface area contributed by atoms with Gasteiger partial charge in [-0.1, -0.05) is 43.2 Å². The van der Waals surface area contributed by atoms with Crippen molar-refractivity contribution < 1.29 is 9.59 Å². The van der Waals surface area contributed by atoms with Crippen LogP contribution in [0.15, 0.2) is 30.3 Å². The van der Waals surface area contributed by atoms with Crippen molar-refractivity contribution in [3.8, 4) is 0 Å². The Kier molecular flexibility index (Phi) is 4.75. The van der Waals surface area contributed by atoms with Crippen LogP contribution in [0.3, 0.4) is 0 Å². The lowest BCUT2D eigenvalue weighted by Crippen LogP contribution is -2.42. The van der Waals surface area contributed by atoms with Gasteiger partial charge in [-0.05, 0) is 32.3 Å². The Morgan fingerprint density at radius 2 is 1.80 bits per heavy atom. The fourth-order valence-corrected chi connectivity index (χ4v) is 3.96. The first-order valence-electron chi connectivity index (χ1n) is 8.83. The molecule has 0 radical (unpaired) electrons. The number of Topliss-reactive ketones (excluding diaryl/α,β-unsaturated/α-hetero) is 1. The van der Waals surface area contributed by atoms with E-state index in [1.54, 1.807) is 18.7 Å². The summed E-state index contributed by atoms with van der Waals surface area (Å²) in [4.78, 5) is 25.1. The van der Waals surface area contributed by atoms with E-state index in [1.165, 1.54) is 5.56 Å². The maximum atomic E-state index is 12.6. The second kappa shape index (κ2) is 6.82. The van der Waals surface area contributed by atoms with Gasteiger partial charge in [0.15, 0.2) is 0 Å². The largest absolute Gasteiger partial charge is 0.348 e. The molecule has 1 saturated carbocycles. The number of carbonyl (C=O) groups excluding carboxylic acids is 2. The van der Waals surface area contributed by atoms with Gasteiger partial charge < -0.3 is 5.32 Å². The number of hydrogen-bond donors (Lipinski definition) is 1. The van der Waals surface area contributed by atoms with Crippen molar-refractivity contribution in [1.29, 1.82) is 0 Å². The highest BCUT2D eigenvalue weighted by Gasteiger charge is 2.36. The molecule has 1 heterocycles. The summed E-state index contributed by atoms with van der Waals surface area (Å²) < 4.78 is 1.64. The number of nitrogens with one attached hydrogen (secondary N) is 1. The smallest absolute Gasteiger partial charge is 0.292 e. The van der Waals surface area contributed by atoms with Gasteiger partial charge in [0.2, 0.25) is 0 Å². The van der Waals surface area contributed by atoms with E-state index in [9.17, 15) is 9.59 Å². The van der Waals surface area contributed by atoms with E-state index in [0.29, 0.717) is 17.8 Å². The second-order valence-corrected chi connectivity index (χ2v) is 7.03. The van der Waals surface area contributed by atoms with Crippen LogP contribution in [0.25, 0.3) is 0 Å². The summed E-state index contributed by atoms with van der Waals surface area (Å²) in [6, 6.07) is 10.3. The molecule has 132 valence electrons. The van der Waals surface area contributed by atoms with Crippen LogP contribution in [0, 0.1) is 13.8 Å². The number of aryl methyl sites for hydroxylation is 2. The van der Waals surface area contributed by atoms with Gasteiger partial charge in [0, 0.05) is 24.7 Å². The summed E-state index contributed by atoms with van der Waals surface area (Å²) in [6.45, 7) is 4.07. The minimum absolute atomic E-state index is 0.0593. The van der Waals surface area contributed by atoms with E-state index < -0.39 is 11.7 Å². The minimum atomic E-state index is -0.540. The first kappa shape index (κ1) is 17.4. The third-order valence-electron chi connectivity index (χ3n) is 5.48. The summed E-state index contributed by atoms with van der Waals surface area (Å²) in [5, 5.41) is 7.13. The molecule has 0 aliphatic heterocycles. The third kappa shape index (κ3) is 3.23. The van der Waals surface area contributed by atoms with Crippen LogP contribution in [0.2, 0.25) is 0 Å². The van der Waals surface area contributed by atoms with Crippen LogP contribution < -0.4 is 5.32 Å². The van der Waals surface area contributed by atoms with Crippen molar-refractivity contribution in [3.63, 3.8) is 0 Å². The number of nitrogens with zero attached hydrogens (tertiary/aromatic N) is 2. The molecule has 2 aromatic rings. The van der Waals surface area contributed by atoms with Crippen molar-refractivity contribution in [1.82, 2.24) is 15.1 Å². The zero-order valence-corrected chi connectivity index (χ0v) is 15.1. The summed E-state index contributed by atoms with van der Waals surface area (Å²) in [7, 11) is 1.78. The monoisotopic (exact) mass is 339 g/mol. The summed E-state index contributed by atoms with van der Waals surface area (Å²) >= 11 is 0. The van der Waals surface area contributed by atoms with Gasteiger partial charge in [-0.15, -0.1) is 0 Å². The Morgan fingerprint density at radius 3 is 2.36 bits per heavy atom. The molecule has 0 spiro atoms. The first-order chi connectivity index (χ1) is 11.9. The number of aromatic nitrogens is 2. The van der Waals surface area contributed by atoms with E-state index in [1.807, 2.05) is 25.1 Å². The molecule has 1 N–H and O–H groups in total. The molecule has 1 aliphatic carbocycles. The number of amides is 1. The van der Waals surface area contributed by atoms with Crippen molar-refractivity contribution >= 4 is 11.7 Å². The quantitative estimate of drug-likeness (QED) is 0.673. The van der Waals surface area contributed by atoms with Crippen LogP contribution in [0.1, 0.15) is 53.0 Å². The standard InChI is InChI=1S/C20H25N3O2/c1-14-17(15(2)23(3)22-14)18(24)19(25)21-13-20(11-7-8-12-20)16-9-5-4-6-10-16/h4-6,9-10H,7-8,11-13H2,1-3H3,(H,21,25). The predicted octanol–water partition coefficient (Wildman–Crippen LogP) is 2.85. The molecule has 1 aliphatic rings. The molecule has 3 rings (SSSR count). The number of benzene rings is 1. The lowest BCUT2D eigenvalue weighted by Gasteiger charge is -2.29. The van der Waals surface area contributed by atoms with Crippen LogP contribution in [-0.2, 0) is 17.3 Å². The lowest BCUT2D eigenvalue weighted by molar-refractivity contribution is -0.117. The maximum absolute atomic E-state index is 12.6. The molecule has 0 unspecified atom stereocenters. The number of hydrogen-bond acceptors (Lipinski definition) is 3. The molecule has 5 heteroatoms. The Morgan fingerprint density at radius 1 is 1.16 bits per heavy atom. The normalized spacial score (nSPS) is 16.0. The van der Waals surface area contributed by atoms with E-state index in [0.717, 1.165) is 31.4 Å². The summed E-state index contributed by atoms with van der Waals surface area (Å²) in [5.74, 6) is -1.04. The maximum Gasteiger partial charge on any atom is 0.292 e. The zero-order chi connectivity index (χ0) is 18.0. The number of ketones is 1. The Balaban J connectivity index is 1.75. The van der Waals surface area contributed by atoms with Crippen LogP contribution in [-0.4, -0.2) is 28.0 Å². The molecule has 1 aromatic heterocycles.